The van der Waals surface area contributed by atoms with E-state index in [4.69, 9.17) is 4.74 Å². The number of para-hydroxylation sites is 1. The van der Waals surface area contributed by atoms with Crippen LogP contribution >= 0.6 is 0 Å². The predicted octanol–water partition coefficient (Wildman–Crippen LogP) is 2.59. The number of carbonyl (C=O) groups is 1. The van der Waals surface area contributed by atoms with Gasteiger partial charge in [-0.3, -0.25) is 9.10 Å². The van der Waals surface area contributed by atoms with Crippen LogP contribution in [0.1, 0.15) is 11.1 Å². The minimum Gasteiger partial charge on any atom is -0.497 e. The van der Waals surface area contributed by atoms with Gasteiger partial charge in [-0.15, -0.1) is 0 Å². The number of ether oxygens (including phenoxy) is 1. The predicted molar refractivity (Wildman–Crippen MR) is 91.1 cm³/mol. The number of sulfonamides is 1. The first-order chi connectivity index (χ1) is 11.3. The second-order valence-corrected chi connectivity index (χ2v) is 7.18. The summed E-state index contributed by atoms with van der Waals surface area (Å²) in [6, 6.07) is 11.1. The molecule has 24 heavy (non-hydrogen) atoms. The molecule has 0 unspecified atom stereocenters. The summed E-state index contributed by atoms with van der Waals surface area (Å²) in [5, 5.41) is 9.19. The normalized spacial score (nSPS) is 11.1. The van der Waals surface area contributed by atoms with Crippen molar-refractivity contribution in [2.45, 2.75) is 18.7 Å². The number of nitrogens with zero attached hydrogens (tertiary/aromatic N) is 1. The smallest absolute Gasteiger partial charge is 0.324 e. The number of benzene rings is 2. The van der Waals surface area contributed by atoms with Crippen molar-refractivity contribution < 1.29 is 23.1 Å². The molecular formula is C17H19NO5S. The summed E-state index contributed by atoms with van der Waals surface area (Å²) >= 11 is 0. The van der Waals surface area contributed by atoms with Gasteiger partial charge in [-0.05, 0) is 49.2 Å². The molecule has 0 saturated carbocycles. The third-order valence-electron chi connectivity index (χ3n) is 3.62. The number of hydrogen-bond donors (Lipinski definition) is 1. The van der Waals surface area contributed by atoms with Gasteiger partial charge in [0.25, 0.3) is 10.0 Å². The summed E-state index contributed by atoms with van der Waals surface area (Å²) in [5.74, 6) is -0.708. The topological polar surface area (TPSA) is 83.9 Å². The molecule has 7 heteroatoms. The molecule has 0 aromatic heterocycles. The van der Waals surface area contributed by atoms with E-state index in [0.29, 0.717) is 22.6 Å². The first-order valence-electron chi connectivity index (χ1n) is 7.22. The van der Waals surface area contributed by atoms with Gasteiger partial charge in [0.2, 0.25) is 0 Å². The lowest BCUT2D eigenvalue weighted by atomic mass is 10.1. The lowest BCUT2D eigenvalue weighted by Gasteiger charge is -2.26. The van der Waals surface area contributed by atoms with Gasteiger partial charge in [0.1, 0.15) is 12.3 Å². The zero-order valence-corrected chi connectivity index (χ0v) is 14.5. The van der Waals surface area contributed by atoms with Gasteiger partial charge in [0, 0.05) is 0 Å². The van der Waals surface area contributed by atoms with Crippen LogP contribution in [0.15, 0.2) is 47.4 Å². The largest absolute Gasteiger partial charge is 0.497 e. The van der Waals surface area contributed by atoms with Crippen molar-refractivity contribution in [3.8, 4) is 5.75 Å². The van der Waals surface area contributed by atoms with Crippen molar-refractivity contribution in [3.63, 3.8) is 0 Å². The molecule has 0 spiro atoms. The molecule has 0 bridgehead atoms. The van der Waals surface area contributed by atoms with Crippen molar-refractivity contribution in [1.82, 2.24) is 0 Å². The molecule has 0 heterocycles. The van der Waals surface area contributed by atoms with Crippen molar-refractivity contribution in [1.29, 1.82) is 0 Å². The van der Waals surface area contributed by atoms with E-state index in [2.05, 4.69) is 0 Å². The monoisotopic (exact) mass is 349 g/mol. The third kappa shape index (κ3) is 3.51. The average Bonchev–Trinajstić information content (AvgIpc) is 2.53. The number of aliphatic carboxylic acids is 1. The number of methoxy groups -OCH3 is 1. The molecule has 0 atom stereocenters. The molecular weight excluding hydrogens is 330 g/mol. The Kier molecular flexibility index (Phi) is 5.14. The minimum atomic E-state index is -4.02. The lowest BCUT2D eigenvalue weighted by Crippen LogP contribution is -2.36. The highest BCUT2D eigenvalue weighted by atomic mass is 32.2. The van der Waals surface area contributed by atoms with Crippen molar-refractivity contribution in [3.05, 3.63) is 53.6 Å². The number of rotatable bonds is 6. The summed E-state index contributed by atoms with van der Waals surface area (Å²) < 4.78 is 31.9. The van der Waals surface area contributed by atoms with E-state index < -0.39 is 22.5 Å². The van der Waals surface area contributed by atoms with Gasteiger partial charge in [-0.2, -0.15) is 0 Å². The molecule has 6 nitrogen and oxygen atoms in total. The van der Waals surface area contributed by atoms with E-state index in [1.807, 2.05) is 0 Å². The van der Waals surface area contributed by atoms with Crippen LogP contribution in [0, 0.1) is 13.8 Å². The molecule has 2 aromatic carbocycles. The lowest BCUT2D eigenvalue weighted by molar-refractivity contribution is -0.135. The zero-order chi connectivity index (χ0) is 17.9. The quantitative estimate of drug-likeness (QED) is 0.866. The van der Waals surface area contributed by atoms with Crippen LogP contribution in [-0.4, -0.2) is 33.1 Å². The third-order valence-corrected chi connectivity index (χ3v) is 5.38. The summed E-state index contributed by atoms with van der Waals surface area (Å²) in [5.41, 5.74) is 1.76. The van der Waals surface area contributed by atoms with Crippen LogP contribution in [-0.2, 0) is 14.8 Å². The molecule has 2 aromatic rings. The fourth-order valence-electron chi connectivity index (χ4n) is 2.48. The first kappa shape index (κ1) is 17.8. The zero-order valence-electron chi connectivity index (χ0n) is 13.7. The highest BCUT2D eigenvalue weighted by molar-refractivity contribution is 7.92. The number of anilines is 1. The van der Waals surface area contributed by atoms with E-state index in [9.17, 15) is 18.3 Å². The van der Waals surface area contributed by atoms with Crippen LogP contribution in [0.3, 0.4) is 0 Å². The van der Waals surface area contributed by atoms with E-state index >= 15 is 0 Å². The number of carboxylic acid groups (broad SMARTS) is 1. The average molecular weight is 349 g/mol. The minimum absolute atomic E-state index is 0.00667. The molecule has 0 aliphatic heterocycles. The Morgan fingerprint density at radius 3 is 2.08 bits per heavy atom. The summed E-state index contributed by atoms with van der Waals surface area (Å²) in [4.78, 5) is 11.3. The van der Waals surface area contributed by atoms with Crippen LogP contribution in [0.4, 0.5) is 5.69 Å². The molecule has 0 amide bonds. The number of carboxylic acids is 1. The highest BCUT2D eigenvalue weighted by Gasteiger charge is 2.29. The number of aryl methyl sites for hydroxylation is 2. The Bertz CT molecular complexity index is 824. The SMILES string of the molecule is COc1ccc(S(=O)(=O)N(CC(=O)O)c2c(C)cccc2C)cc1. The van der Waals surface area contributed by atoms with Crippen molar-refractivity contribution in [2.75, 3.05) is 18.0 Å². The summed E-state index contributed by atoms with van der Waals surface area (Å²) in [6.07, 6.45) is 0. The Labute approximate surface area is 141 Å². The molecule has 0 fully saturated rings. The second kappa shape index (κ2) is 6.92. The van der Waals surface area contributed by atoms with Gasteiger partial charge >= 0.3 is 5.97 Å². The molecule has 128 valence electrons. The van der Waals surface area contributed by atoms with E-state index in [0.717, 1.165) is 4.31 Å². The van der Waals surface area contributed by atoms with Crippen molar-refractivity contribution >= 4 is 21.7 Å². The summed E-state index contributed by atoms with van der Waals surface area (Å²) in [6.45, 7) is 2.85. The fourth-order valence-corrected chi connectivity index (χ4v) is 4.02. The second-order valence-electron chi connectivity index (χ2n) is 5.32. The van der Waals surface area contributed by atoms with Gasteiger partial charge in [0.15, 0.2) is 0 Å². The van der Waals surface area contributed by atoms with Crippen LogP contribution in [0.5, 0.6) is 5.75 Å². The number of hydrogen-bond acceptors (Lipinski definition) is 4. The van der Waals surface area contributed by atoms with Crippen molar-refractivity contribution in [2.24, 2.45) is 0 Å². The van der Waals surface area contributed by atoms with Gasteiger partial charge < -0.3 is 9.84 Å². The Morgan fingerprint density at radius 1 is 1.08 bits per heavy atom. The highest BCUT2D eigenvalue weighted by Crippen LogP contribution is 2.30. The van der Waals surface area contributed by atoms with Gasteiger partial charge in [-0.25, -0.2) is 8.42 Å². The first-order valence-corrected chi connectivity index (χ1v) is 8.66. The van der Waals surface area contributed by atoms with Crippen LogP contribution < -0.4 is 9.04 Å². The van der Waals surface area contributed by atoms with Gasteiger partial charge in [-0.1, -0.05) is 18.2 Å². The maximum absolute atomic E-state index is 13.0. The maximum atomic E-state index is 13.0. The van der Waals surface area contributed by atoms with Gasteiger partial charge in [0.05, 0.1) is 17.7 Å². The standard InChI is InChI=1S/C17H19NO5S/c1-12-5-4-6-13(2)17(12)18(11-16(19)20)24(21,22)15-9-7-14(23-3)8-10-15/h4-10H,11H2,1-3H3,(H,19,20). The Morgan fingerprint density at radius 2 is 1.62 bits per heavy atom. The maximum Gasteiger partial charge on any atom is 0.324 e. The fraction of sp³-hybridized carbons (Fsp3) is 0.235. The molecule has 0 aliphatic rings. The molecule has 0 aliphatic carbocycles. The van der Waals surface area contributed by atoms with E-state index in [1.165, 1.54) is 31.4 Å². The summed E-state index contributed by atoms with van der Waals surface area (Å²) in [7, 11) is -2.54. The Hall–Kier alpha value is -2.54. The van der Waals surface area contributed by atoms with Crippen LogP contribution in [0.2, 0.25) is 0 Å². The van der Waals surface area contributed by atoms with E-state index in [1.54, 1.807) is 32.0 Å². The molecule has 1 N–H and O–H groups in total. The molecule has 2 rings (SSSR count). The molecule has 0 saturated heterocycles. The molecule has 0 radical (unpaired) electrons. The van der Waals surface area contributed by atoms with Crippen LogP contribution in [0.25, 0.3) is 0 Å². The Balaban J connectivity index is 2.60. The van der Waals surface area contributed by atoms with E-state index in [-0.39, 0.29) is 4.90 Å².